The minimum Gasteiger partial charge on any atom is -0.490 e. The Morgan fingerprint density at radius 3 is 2.49 bits per heavy atom. The van der Waals surface area contributed by atoms with Gasteiger partial charge in [0, 0.05) is 42.5 Å². The van der Waals surface area contributed by atoms with Crippen LogP contribution in [-0.2, 0) is 14.3 Å². The predicted octanol–water partition coefficient (Wildman–Crippen LogP) is 9.18. The molecular formula is C38H44ClF2N3O5. The minimum atomic E-state index is -1.27. The average Bonchev–Trinajstić information content (AvgIpc) is 3.35. The fourth-order valence-electron chi connectivity index (χ4n) is 6.84. The van der Waals surface area contributed by atoms with Gasteiger partial charge in [-0.3, -0.25) is 4.40 Å². The number of imidazole rings is 1. The first-order valence-corrected chi connectivity index (χ1v) is 17.3. The number of fused-ring (bicyclic) bond motifs is 8. The molecule has 7 rings (SSSR count). The number of aryl methyl sites for hydroxylation is 1. The standard InChI is InChI=1S/C38H44ClF2N3O5/c1-22-18-30-42-32-25-12-9-11-24(19-25)26-20-27(40)28(41)21-29(26)48-23(2)10-7-8-17-47-38(6)13-15-43(16-14-38)35(44(30)34(32)39)31(22)33(36(45)46)49-37(3,4)5/h9,11-12,18-21,23,33H,7-8,10,13-17H2,1-6H3,(H,45,46)/t23-,33+/m1/s1. The van der Waals surface area contributed by atoms with Crippen molar-refractivity contribution in [1.29, 1.82) is 0 Å². The Bertz CT molecular complexity index is 1880. The molecule has 6 bridgehead atoms. The summed E-state index contributed by atoms with van der Waals surface area (Å²) < 4.78 is 49.9. The third-order valence-electron chi connectivity index (χ3n) is 9.40. The maximum absolute atomic E-state index is 14.7. The lowest BCUT2D eigenvalue weighted by Gasteiger charge is -2.42. The Morgan fingerprint density at radius 1 is 1.10 bits per heavy atom. The number of hydrogen-bond acceptors (Lipinski definition) is 6. The van der Waals surface area contributed by atoms with Crippen LogP contribution in [0.4, 0.5) is 14.6 Å². The molecule has 3 aliphatic rings. The van der Waals surface area contributed by atoms with Gasteiger partial charge in [-0.2, -0.15) is 0 Å². The molecule has 2 atom stereocenters. The highest BCUT2D eigenvalue weighted by Crippen LogP contribution is 2.43. The topological polar surface area (TPSA) is 85.5 Å². The predicted molar refractivity (Wildman–Crippen MR) is 187 cm³/mol. The molecule has 262 valence electrons. The van der Waals surface area contributed by atoms with Crippen LogP contribution >= 0.6 is 11.6 Å². The van der Waals surface area contributed by atoms with Gasteiger partial charge in [0.15, 0.2) is 17.7 Å². The second-order valence-corrected chi connectivity index (χ2v) is 14.9. The Kier molecular flexibility index (Phi) is 9.69. The van der Waals surface area contributed by atoms with Crippen LogP contribution in [0.25, 0.3) is 28.0 Å². The summed E-state index contributed by atoms with van der Waals surface area (Å²) in [6, 6.07) is 11.4. The molecule has 0 aliphatic carbocycles. The van der Waals surface area contributed by atoms with Crippen molar-refractivity contribution in [3.63, 3.8) is 0 Å². The maximum Gasteiger partial charge on any atom is 0.337 e. The van der Waals surface area contributed by atoms with Crippen molar-refractivity contribution in [3.8, 4) is 28.1 Å². The van der Waals surface area contributed by atoms with Gasteiger partial charge >= 0.3 is 5.97 Å². The van der Waals surface area contributed by atoms with E-state index in [1.807, 2.05) is 63.3 Å². The average molecular weight is 696 g/mol. The van der Waals surface area contributed by atoms with Gasteiger partial charge in [0.1, 0.15) is 28.1 Å². The fourth-order valence-corrected chi connectivity index (χ4v) is 7.16. The molecule has 3 aliphatic heterocycles. The number of halogens is 3. The van der Waals surface area contributed by atoms with Crippen LogP contribution < -0.4 is 9.64 Å². The molecule has 8 nitrogen and oxygen atoms in total. The van der Waals surface area contributed by atoms with Crippen LogP contribution in [0.3, 0.4) is 0 Å². The van der Waals surface area contributed by atoms with Crippen molar-refractivity contribution >= 4 is 29.0 Å². The van der Waals surface area contributed by atoms with E-state index in [9.17, 15) is 18.7 Å². The Balaban J connectivity index is 1.58. The van der Waals surface area contributed by atoms with Crippen LogP contribution in [0.5, 0.6) is 5.75 Å². The molecule has 0 radical (unpaired) electrons. The number of carboxylic acid groups (broad SMARTS) is 1. The zero-order valence-corrected chi connectivity index (χ0v) is 29.7. The molecule has 11 heteroatoms. The van der Waals surface area contributed by atoms with Crippen LogP contribution in [0, 0.1) is 18.6 Å². The Hall–Kier alpha value is -3.73. The van der Waals surface area contributed by atoms with Crippen LogP contribution in [0.2, 0.25) is 5.15 Å². The molecule has 49 heavy (non-hydrogen) atoms. The number of carboxylic acids is 1. The van der Waals surface area contributed by atoms with E-state index >= 15 is 0 Å². The van der Waals surface area contributed by atoms with E-state index in [2.05, 4.69) is 11.8 Å². The highest BCUT2D eigenvalue weighted by atomic mass is 35.5. The summed E-state index contributed by atoms with van der Waals surface area (Å²) in [5.41, 5.74) is 2.78. The SMILES string of the molecule is Cc1cc2nc3c(Cl)n2c(c1[C@H](OC(C)(C)C)C(=O)O)N1CCC(C)(CC1)OCCCC[C@@H](C)Oc1cc(F)c(F)cc1-c1cccc-3c1. The quantitative estimate of drug-likeness (QED) is 0.229. The zero-order valence-electron chi connectivity index (χ0n) is 28.9. The third kappa shape index (κ3) is 7.28. The molecular weight excluding hydrogens is 652 g/mol. The Morgan fingerprint density at radius 2 is 1.80 bits per heavy atom. The van der Waals surface area contributed by atoms with Crippen molar-refractivity contribution in [2.24, 2.45) is 0 Å². The first kappa shape index (κ1) is 35.1. The molecule has 0 spiro atoms. The van der Waals surface area contributed by atoms with Gasteiger partial charge in [-0.15, -0.1) is 0 Å². The summed E-state index contributed by atoms with van der Waals surface area (Å²) in [5, 5.41) is 10.8. The van der Waals surface area contributed by atoms with Crippen LogP contribution in [0.15, 0.2) is 42.5 Å². The van der Waals surface area contributed by atoms with E-state index < -0.39 is 29.3 Å². The molecule has 2 aromatic carbocycles. The molecule has 5 heterocycles. The normalized spacial score (nSPS) is 21.0. The van der Waals surface area contributed by atoms with Gasteiger partial charge in [0.05, 0.1) is 17.3 Å². The number of aliphatic carboxylic acids is 1. The highest BCUT2D eigenvalue weighted by molar-refractivity contribution is 6.32. The lowest BCUT2D eigenvalue weighted by atomic mass is 9.92. The fraction of sp³-hybridized carbons (Fsp3) is 0.474. The van der Waals surface area contributed by atoms with Gasteiger partial charge in [-0.25, -0.2) is 18.6 Å². The number of aromatic nitrogens is 2. The van der Waals surface area contributed by atoms with E-state index in [0.717, 1.165) is 37.8 Å². The number of rotatable bonds is 3. The highest BCUT2D eigenvalue weighted by Gasteiger charge is 2.38. The molecule has 1 saturated heterocycles. The van der Waals surface area contributed by atoms with Gasteiger partial charge in [-0.1, -0.05) is 29.8 Å². The summed E-state index contributed by atoms with van der Waals surface area (Å²) in [5.74, 6) is -2.20. The second-order valence-electron chi connectivity index (χ2n) is 14.5. The molecule has 4 aromatic rings. The maximum atomic E-state index is 14.7. The van der Waals surface area contributed by atoms with E-state index in [-0.39, 0.29) is 22.6 Å². The Labute approximate surface area is 290 Å². The van der Waals surface area contributed by atoms with Crippen molar-refractivity contribution in [1.82, 2.24) is 9.38 Å². The van der Waals surface area contributed by atoms with E-state index in [1.165, 1.54) is 0 Å². The lowest BCUT2D eigenvalue weighted by Crippen LogP contribution is -2.45. The molecule has 0 amide bonds. The smallest absolute Gasteiger partial charge is 0.337 e. The first-order chi connectivity index (χ1) is 23.1. The van der Waals surface area contributed by atoms with Crippen molar-refractivity contribution in [2.75, 3.05) is 24.6 Å². The van der Waals surface area contributed by atoms with Crippen molar-refractivity contribution < 1.29 is 32.9 Å². The third-order valence-corrected chi connectivity index (χ3v) is 9.75. The van der Waals surface area contributed by atoms with Gasteiger partial charge in [0.25, 0.3) is 0 Å². The lowest BCUT2D eigenvalue weighted by molar-refractivity contribution is -0.160. The number of piperidine rings is 1. The minimum absolute atomic E-state index is 0.239. The molecule has 2 aromatic heterocycles. The zero-order chi connectivity index (χ0) is 35.2. The van der Waals surface area contributed by atoms with E-state index in [1.54, 1.807) is 6.07 Å². The summed E-state index contributed by atoms with van der Waals surface area (Å²) in [6.07, 6.45) is 2.31. The largest absolute Gasteiger partial charge is 0.490 e. The summed E-state index contributed by atoms with van der Waals surface area (Å²) in [4.78, 5) is 20.0. The molecule has 0 unspecified atom stereocenters. The number of anilines is 1. The van der Waals surface area contributed by atoms with E-state index in [0.29, 0.717) is 71.1 Å². The van der Waals surface area contributed by atoms with Gasteiger partial charge < -0.3 is 24.2 Å². The van der Waals surface area contributed by atoms with Crippen LogP contribution in [0.1, 0.15) is 84.0 Å². The number of pyridine rings is 1. The van der Waals surface area contributed by atoms with E-state index in [4.69, 9.17) is 30.8 Å². The first-order valence-electron chi connectivity index (χ1n) is 16.9. The number of carbonyl (C=O) groups is 1. The number of ether oxygens (including phenoxy) is 3. The number of nitrogens with zero attached hydrogens (tertiary/aromatic N) is 3. The summed E-state index contributed by atoms with van der Waals surface area (Å²) >= 11 is 7.26. The van der Waals surface area contributed by atoms with Gasteiger partial charge in [0.2, 0.25) is 0 Å². The van der Waals surface area contributed by atoms with Crippen molar-refractivity contribution in [2.45, 2.75) is 97.1 Å². The van der Waals surface area contributed by atoms with Gasteiger partial charge in [-0.05, 0) is 103 Å². The number of hydrogen-bond donors (Lipinski definition) is 1. The molecule has 1 N–H and O–H groups in total. The molecule has 1 fully saturated rings. The number of benzene rings is 2. The second kappa shape index (κ2) is 13.5. The van der Waals surface area contributed by atoms with Crippen molar-refractivity contribution in [3.05, 3.63) is 70.4 Å². The summed E-state index contributed by atoms with van der Waals surface area (Å²) in [6.45, 7) is 13.2. The monoisotopic (exact) mass is 695 g/mol. The summed E-state index contributed by atoms with van der Waals surface area (Å²) in [7, 11) is 0. The molecule has 0 saturated carbocycles. The van der Waals surface area contributed by atoms with Crippen LogP contribution in [-0.4, -0.2) is 57.5 Å².